The number of nitrogens with zero attached hydrogens (tertiary/aromatic N) is 1. The summed E-state index contributed by atoms with van der Waals surface area (Å²) >= 11 is 0. The van der Waals surface area contributed by atoms with Gasteiger partial charge in [-0.15, -0.1) is 0 Å². The summed E-state index contributed by atoms with van der Waals surface area (Å²) in [7, 11) is -2.70. The third-order valence-electron chi connectivity index (χ3n) is 3.61. The minimum Gasteiger partial charge on any atom is -0.411 e. The molecule has 0 N–H and O–H groups in total. The second-order valence-corrected chi connectivity index (χ2v) is 18.5. The van der Waals surface area contributed by atoms with Gasteiger partial charge >= 0.3 is 0 Å². The Bertz CT molecular complexity index is 302. The van der Waals surface area contributed by atoms with Gasteiger partial charge in [-0.25, -0.2) is 0 Å². The first-order chi connectivity index (χ1) is 8.35. The van der Waals surface area contributed by atoms with Gasteiger partial charge in [0.2, 0.25) is 0 Å². The summed E-state index contributed by atoms with van der Waals surface area (Å²) in [6.07, 6.45) is 0. The van der Waals surface area contributed by atoms with Crippen LogP contribution in [0.1, 0.15) is 27.7 Å². The molecule has 0 fully saturated rings. The van der Waals surface area contributed by atoms with Gasteiger partial charge in [-0.1, -0.05) is 45.6 Å². The molecule has 0 saturated heterocycles. The molecule has 0 aromatic carbocycles. The summed E-state index contributed by atoms with van der Waals surface area (Å²) in [5.74, 6) is 0. The van der Waals surface area contributed by atoms with Crippen LogP contribution in [0.25, 0.3) is 0 Å². The molecule has 0 aliphatic rings. The van der Waals surface area contributed by atoms with Crippen molar-refractivity contribution < 1.29 is 9.26 Å². The largest absolute Gasteiger partial charge is 0.411 e. The van der Waals surface area contributed by atoms with Crippen LogP contribution in [0, 0.1) is 0 Å². The van der Waals surface area contributed by atoms with E-state index in [0.717, 1.165) is 18.4 Å². The minimum absolute atomic E-state index is 0.242. The van der Waals surface area contributed by atoms with E-state index in [4.69, 9.17) is 9.26 Å². The normalized spacial score (nSPS) is 14.7. The molecule has 19 heavy (non-hydrogen) atoms. The number of hydrogen-bond acceptors (Lipinski definition) is 3. The average molecular weight is 304 g/mol. The van der Waals surface area contributed by atoms with Crippen LogP contribution in [0.3, 0.4) is 0 Å². The van der Waals surface area contributed by atoms with Crippen molar-refractivity contribution in [3.63, 3.8) is 0 Å². The molecule has 114 valence electrons. The van der Waals surface area contributed by atoms with Gasteiger partial charge in [0.05, 0.1) is 12.3 Å². The first kappa shape index (κ1) is 18.9. The molecule has 0 atom stereocenters. The molecular formula is C14H33NO2Si2. The Labute approximate surface area is 121 Å². The highest BCUT2D eigenvalue weighted by atomic mass is 28.4. The van der Waals surface area contributed by atoms with E-state index in [1.807, 2.05) is 6.92 Å². The first-order valence-corrected chi connectivity index (χ1v) is 13.8. The van der Waals surface area contributed by atoms with Gasteiger partial charge in [0.1, 0.15) is 6.61 Å². The lowest BCUT2D eigenvalue weighted by Gasteiger charge is -2.36. The van der Waals surface area contributed by atoms with E-state index in [1.165, 1.54) is 0 Å². The van der Waals surface area contributed by atoms with Crippen molar-refractivity contribution in [1.82, 2.24) is 0 Å². The lowest BCUT2D eigenvalue weighted by molar-refractivity contribution is 0.155. The highest BCUT2D eigenvalue weighted by molar-refractivity contribution is 6.76. The lowest BCUT2D eigenvalue weighted by Crippen LogP contribution is -2.41. The van der Waals surface area contributed by atoms with Crippen molar-refractivity contribution >= 4 is 22.1 Å². The Morgan fingerprint density at radius 1 is 1.05 bits per heavy atom. The molecule has 0 aromatic rings. The Balaban J connectivity index is 4.08. The molecule has 0 spiro atoms. The Morgan fingerprint density at radius 3 is 2.00 bits per heavy atom. The van der Waals surface area contributed by atoms with E-state index in [2.05, 4.69) is 58.7 Å². The van der Waals surface area contributed by atoms with Crippen LogP contribution in [0.2, 0.25) is 43.8 Å². The van der Waals surface area contributed by atoms with Crippen molar-refractivity contribution in [2.75, 3.05) is 13.2 Å². The predicted octanol–water partition coefficient (Wildman–Crippen LogP) is 4.74. The second kappa shape index (κ2) is 7.04. The molecule has 0 unspecified atom stereocenters. The standard InChI is InChI=1S/C14H33NO2Si2/c1-13(15-16-10-11-18(5,6)7)12-17-19(8,9)14(2,3)4/h10-12H2,1-9H3. The Kier molecular flexibility index (Phi) is 6.99. The number of oxime groups is 1. The molecule has 0 heterocycles. The van der Waals surface area contributed by atoms with Gasteiger partial charge in [0, 0.05) is 8.07 Å². The fourth-order valence-electron chi connectivity index (χ4n) is 1.04. The highest BCUT2D eigenvalue weighted by Gasteiger charge is 2.37. The van der Waals surface area contributed by atoms with Crippen LogP contribution in [0.4, 0.5) is 0 Å². The molecule has 0 bridgehead atoms. The Hall–Kier alpha value is -0.136. The van der Waals surface area contributed by atoms with Crippen LogP contribution in [-0.2, 0) is 9.26 Å². The molecule has 3 nitrogen and oxygen atoms in total. The predicted molar refractivity (Wildman–Crippen MR) is 90.4 cm³/mol. The smallest absolute Gasteiger partial charge is 0.192 e. The van der Waals surface area contributed by atoms with Gasteiger partial charge < -0.3 is 9.26 Å². The first-order valence-electron chi connectivity index (χ1n) is 7.14. The molecule has 0 rings (SSSR count). The zero-order valence-electron chi connectivity index (χ0n) is 14.4. The van der Waals surface area contributed by atoms with E-state index in [1.54, 1.807) is 0 Å². The molecule has 0 amide bonds. The van der Waals surface area contributed by atoms with Crippen LogP contribution < -0.4 is 0 Å². The maximum absolute atomic E-state index is 6.09. The summed E-state index contributed by atoms with van der Waals surface area (Å²) in [5.41, 5.74) is 0.931. The van der Waals surface area contributed by atoms with Crippen LogP contribution in [0.5, 0.6) is 0 Å². The van der Waals surface area contributed by atoms with Crippen molar-refractivity contribution in [3.8, 4) is 0 Å². The third-order valence-corrected chi connectivity index (χ3v) is 9.79. The van der Waals surface area contributed by atoms with E-state index < -0.39 is 16.4 Å². The molecule has 0 aromatic heterocycles. The van der Waals surface area contributed by atoms with E-state index in [0.29, 0.717) is 6.61 Å². The summed E-state index contributed by atoms with van der Waals surface area (Å²) < 4.78 is 6.09. The maximum atomic E-state index is 6.09. The van der Waals surface area contributed by atoms with Crippen molar-refractivity contribution in [2.45, 2.75) is 71.5 Å². The fourth-order valence-corrected chi connectivity index (χ4v) is 2.74. The summed E-state index contributed by atoms with van der Waals surface area (Å²) in [6, 6.07) is 1.15. The monoisotopic (exact) mass is 303 g/mol. The van der Waals surface area contributed by atoms with E-state index >= 15 is 0 Å². The van der Waals surface area contributed by atoms with Crippen molar-refractivity contribution in [3.05, 3.63) is 0 Å². The van der Waals surface area contributed by atoms with E-state index in [-0.39, 0.29) is 5.04 Å². The second-order valence-electron chi connectivity index (χ2n) is 8.02. The third kappa shape index (κ3) is 8.60. The lowest BCUT2D eigenvalue weighted by atomic mass is 10.2. The quantitative estimate of drug-likeness (QED) is 0.294. The molecule has 5 heteroatoms. The van der Waals surface area contributed by atoms with Crippen LogP contribution in [-0.4, -0.2) is 35.3 Å². The van der Waals surface area contributed by atoms with Gasteiger partial charge in [-0.05, 0) is 31.1 Å². The molecular weight excluding hydrogens is 270 g/mol. The maximum Gasteiger partial charge on any atom is 0.192 e. The summed E-state index contributed by atoms with van der Waals surface area (Å²) in [6.45, 7) is 21.6. The molecule has 0 aliphatic carbocycles. The summed E-state index contributed by atoms with van der Waals surface area (Å²) in [5, 5.41) is 4.39. The zero-order chi connectivity index (χ0) is 15.3. The van der Waals surface area contributed by atoms with Gasteiger partial charge in [0.15, 0.2) is 8.32 Å². The topological polar surface area (TPSA) is 30.8 Å². The SMILES string of the molecule is CC(CO[Si](C)(C)C(C)(C)C)=NOCC[Si](C)(C)C. The van der Waals surface area contributed by atoms with Crippen LogP contribution >= 0.6 is 0 Å². The number of hydrogen-bond donors (Lipinski definition) is 0. The van der Waals surface area contributed by atoms with Gasteiger partial charge in [-0.3, -0.25) is 0 Å². The molecule has 0 saturated carbocycles. The molecule has 0 aliphatic heterocycles. The van der Waals surface area contributed by atoms with Crippen molar-refractivity contribution in [1.29, 1.82) is 0 Å². The summed E-state index contributed by atoms with van der Waals surface area (Å²) in [4.78, 5) is 5.38. The van der Waals surface area contributed by atoms with Crippen molar-refractivity contribution in [2.24, 2.45) is 5.16 Å². The fraction of sp³-hybridized carbons (Fsp3) is 0.929. The number of rotatable bonds is 7. The minimum atomic E-state index is -1.67. The highest BCUT2D eigenvalue weighted by Crippen LogP contribution is 2.36. The zero-order valence-corrected chi connectivity index (χ0v) is 16.4. The van der Waals surface area contributed by atoms with Crippen LogP contribution in [0.15, 0.2) is 5.16 Å². The van der Waals surface area contributed by atoms with E-state index in [9.17, 15) is 0 Å². The Morgan fingerprint density at radius 2 is 1.58 bits per heavy atom. The van der Waals surface area contributed by atoms with Gasteiger partial charge in [0.25, 0.3) is 0 Å². The molecule has 0 radical (unpaired) electrons. The average Bonchev–Trinajstić information content (AvgIpc) is 2.18. The van der Waals surface area contributed by atoms with Gasteiger partial charge in [-0.2, -0.15) is 0 Å².